The zero-order valence-electron chi connectivity index (χ0n) is 40.5. The van der Waals surface area contributed by atoms with Crippen LogP contribution in [0.5, 0.6) is 0 Å². The average Bonchev–Trinajstić information content (AvgIpc) is 4.17. The van der Waals surface area contributed by atoms with Crippen molar-refractivity contribution in [2.75, 3.05) is 35.4 Å². The smallest absolute Gasteiger partial charge is 0.444 e. The van der Waals surface area contributed by atoms with Gasteiger partial charge in [0.2, 0.25) is 6.29 Å². The Kier molecular flexibility index (Phi) is 16.6. The van der Waals surface area contributed by atoms with E-state index in [2.05, 4.69) is 35.9 Å². The summed E-state index contributed by atoms with van der Waals surface area (Å²) in [5.74, 6) is 12.2. The van der Waals surface area contributed by atoms with Crippen LogP contribution in [0.15, 0.2) is 85.2 Å². The largest absolute Gasteiger partial charge is 0.446 e. The van der Waals surface area contributed by atoms with Crippen LogP contribution in [-0.2, 0) is 9.53 Å². The van der Waals surface area contributed by atoms with E-state index in [-0.39, 0.29) is 34.9 Å². The fraction of sp³-hybridized carbons (Fsp3) is 0.306. The molecule has 2 aliphatic heterocycles. The number of imidazole rings is 2. The standard InChI is InChI=1S/C26H31N7O4.C21H23N7O2.C2HF3O/c1-15-7-12-19(29-14-15)30-24(35)17-10-8-16(9-11-17)20-21(22(27)34)33(28)23(31-20)18-6-5-13-32(18)25(36)37-26(2,3)4;1-12-4-9-16(25-11-12)26-21(30)14-7-5-13(6-8-14)17-18(19(22)29)28(23)20(27-17)15-3-2-10-24-15;3-2(4,5)1-6/h7-12,14,18H,5-6,13,28H2,1-4H3,(H2,27,34)(H,29,30,35);4-9,11,15,24H,2-3,10,23H2,1H3,(H2,22,29)(H,25,26,30);1H/t18-;15-;/m00./s1. The molecule has 11 N–H and O–H groups in total. The van der Waals surface area contributed by atoms with Gasteiger partial charge in [-0.05, 0) is 114 Å². The van der Waals surface area contributed by atoms with Crippen LogP contribution in [0.1, 0.15) is 123 Å². The number of likely N-dealkylation sites (tertiary alicyclic amines) is 1. The van der Waals surface area contributed by atoms with Crippen LogP contribution >= 0.6 is 0 Å². The van der Waals surface area contributed by atoms with Gasteiger partial charge in [0, 0.05) is 41.2 Å². The molecule has 0 radical (unpaired) electrons. The van der Waals surface area contributed by atoms with Crippen molar-refractivity contribution >= 4 is 47.6 Å². The van der Waals surface area contributed by atoms with Crippen molar-refractivity contribution in [1.29, 1.82) is 0 Å². The number of rotatable bonds is 10. The molecule has 2 atom stereocenters. The number of alkyl halides is 3. The normalized spacial score (nSPS) is 15.3. The van der Waals surface area contributed by atoms with Crippen molar-refractivity contribution in [3.8, 4) is 22.5 Å². The predicted octanol–water partition coefficient (Wildman–Crippen LogP) is 5.88. The lowest BCUT2D eigenvalue weighted by atomic mass is 10.1. The van der Waals surface area contributed by atoms with Gasteiger partial charge in [0.1, 0.15) is 34.4 Å². The third-order valence-corrected chi connectivity index (χ3v) is 11.2. The number of carbonyl (C=O) groups excluding carboxylic acids is 6. The van der Waals surface area contributed by atoms with Crippen molar-refractivity contribution in [1.82, 2.24) is 39.5 Å². The molecular formula is C49H55F3N14O7. The first-order valence-corrected chi connectivity index (χ1v) is 22.7. The molecule has 2 aromatic carbocycles. The number of nitrogens with one attached hydrogen (secondary N) is 3. The zero-order chi connectivity index (χ0) is 53.4. The first-order chi connectivity index (χ1) is 34.4. The first-order valence-electron chi connectivity index (χ1n) is 22.7. The van der Waals surface area contributed by atoms with E-state index in [1.807, 2.05) is 26.0 Å². The van der Waals surface area contributed by atoms with E-state index < -0.39 is 42.0 Å². The van der Waals surface area contributed by atoms with Gasteiger partial charge in [-0.25, -0.2) is 34.1 Å². The molecule has 0 unspecified atom stereocenters. The van der Waals surface area contributed by atoms with Crippen LogP contribution in [0, 0.1) is 13.8 Å². The molecule has 6 heterocycles. The lowest BCUT2D eigenvalue weighted by Crippen LogP contribution is -2.38. The lowest BCUT2D eigenvalue weighted by Gasteiger charge is -2.28. The summed E-state index contributed by atoms with van der Waals surface area (Å²) in [6.45, 7) is 10.6. The van der Waals surface area contributed by atoms with Crippen molar-refractivity contribution in [2.24, 2.45) is 11.5 Å². The van der Waals surface area contributed by atoms with Crippen molar-refractivity contribution in [3.05, 3.63) is 130 Å². The van der Waals surface area contributed by atoms with Gasteiger partial charge in [-0.15, -0.1) is 0 Å². The number of pyridine rings is 2. The van der Waals surface area contributed by atoms with Gasteiger partial charge in [-0.3, -0.25) is 28.9 Å². The summed E-state index contributed by atoms with van der Waals surface area (Å²) < 4.78 is 39.2. The van der Waals surface area contributed by atoms with E-state index in [9.17, 15) is 37.1 Å². The molecule has 73 heavy (non-hydrogen) atoms. The molecule has 0 saturated carbocycles. The highest BCUT2D eigenvalue weighted by molar-refractivity contribution is 6.05. The maximum Gasteiger partial charge on any atom is 0.446 e. The molecule has 0 aliphatic carbocycles. The Morgan fingerprint density at radius 2 is 1.15 bits per heavy atom. The number of amides is 5. The Labute approximate surface area is 416 Å². The van der Waals surface area contributed by atoms with Gasteiger partial charge in [-0.1, -0.05) is 36.4 Å². The van der Waals surface area contributed by atoms with Crippen LogP contribution in [0.2, 0.25) is 0 Å². The van der Waals surface area contributed by atoms with Crippen LogP contribution in [-0.4, -0.2) is 95.1 Å². The number of nitrogen functional groups attached to an aromatic ring is 2. The predicted molar refractivity (Wildman–Crippen MR) is 264 cm³/mol. The van der Waals surface area contributed by atoms with Gasteiger partial charge in [0.25, 0.3) is 23.6 Å². The van der Waals surface area contributed by atoms with Gasteiger partial charge in [0.05, 0.1) is 12.1 Å². The molecule has 0 bridgehead atoms. The number of nitrogens with zero attached hydrogens (tertiary/aromatic N) is 7. The summed E-state index contributed by atoms with van der Waals surface area (Å²) in [7, 11) is 0. The van der Waals surface area contributed by atoms with Crippen LogP contribution < -0.4 is 39.1 Å². The number of aryl methyl sites for hydroxylation is 2. The van der Waals surface area contributed by atoms with Crippen molar-refractivity contribution < 1.29 is 46.7 Å². The molecule has 6 aromatic rings. The van der Waals surface area contributed by atoms with E-state index in [1.165, 1.54) is 4.68 Å². The zero-order valence-corrected chi connectivity index (χ0v) is 40.5. The van der Waals surface area contributed by atoms with Crippen LogP contribution in [0.4, 0.5) is 29.6 Å². The molecule has 21 nitrogen and oxygen atoms in total. The van der Waals surface area contributed by atoms with Crippen molar-refractivity contribution in [2.45, 2.75) is 84.2 Å². The second-order valence-electron chi connectivity index (χ2n) is 17.9. The Hall–Kier alpha value is -8.67. The third-order valence-electron chi connectivity index (χ3n) is 11.2. The molecule has 2 saturated heterocycles. The van der Waals surface area contributed by atoms with Crippen molar-refractivity contribution in [3.63, 3.8) is 0 Å². The molecule has 5 amide bonds. The van der Waals surface area contributed by atoms with Gasteiger partial charge >= 0.3 is 12.3 Å². The summed E-state index contributed by atoms with van der Waals surface area (Å²) in [5, 5.41) is 8.82. The van der Waals surface area contributed by atoms with E-state index in [0.717, 1.165) is 41.6 Å². The first kappa shape index (κ1) is 53.7. The van der Waals surface area contributed by atoms with E-state index in [4.69, 9.17) is 32.7 Å². The number of hydrogen-bond donors (Lipinski definition) is 7. The average molecular weight is 1010 g/mol. The number of benzene rings is 2. The van der Waals surface area contributed by atoms with Gasteiger partial charge in [-0.2, -0.15) is 13.2 Å². The number of nitrogens with two attached hydrogens (primary N) is 4. The second-order valence-corrected chi connectivity index (χ2v) is 17.9. The summed E-state index contributed by atoms with van der Waals surface area (Å²) in [4.78, 5) is 90.2. The number of halogens is 3. The minimum absolute atomic E-state index is 0.00657. The third kappa shape index (κ3) is 13.6. The Balaban J connectivity index is 0.000000218. The maximum atomic E-state index is 12.8. The molecule has 0 spiro atoms. The van der Waals surface area contributed by atoms with E-state index >= 15 is 0 Å². The fourth-order valence-corrected chi connectivity index (χ4v) is 7.75. The Morgan fingerprint density at radius 3 is 1.53 bits per heavy atom. The number of primary amides is 2. The highest BCUT2D eigenvalue weighted by Crippen LogP contribution is 2.35. The molecule has 2 fully saturated rings. The minimum Gasteiger partial charge on any atom is -0.444 e. The molecule has 384 valence electrons. The second kappa shape index (κ2) is 22.6. The molecular weight excluding hydrogens is 954 g/mol. The van der Waals surface area contributed by atoms with Gasteiger partial charge in [0.15, 0.2) is 17.2 Å². The van der Waals surface area contributed by atoms with Gasteiger partial charge < -0.3 is 43.8 Å². The van der Waals surface area contributed by atoms with E-state index in [1.54, 1.807) is 98.7 Å². The SMILES string of the molecule is Cc1ccc(NC(=O)c2ccc(-c3nc([C@@H]4CCCN4)n(N)c3C(N)=O)cc2)nc1.Cc1ccc(NC(=O)c2ccc(-c3nc([C@@H]4CCCN4C(=O)OC(C)(C)C)n(N)c3C(N)=O)cc2)nc1.O=CC(F)(F)F. The molecule has 2 aliphatic rings. The minimum atomic E-state index is -4.64. The number of aldehydes is 1. The summed E-state index contributed by atoms with van der Waals surface area (Å²) in [5.41, 5.74) is 15.4. The Morgan fingerprint density at radius 1 is 0.699 bits per heavy atom. The van der Waals surface area contributed by atoms with E-state index in [0.29, 0.717) is 64.2 Å². The molecule has 8 rings (SSSR count). The maximum absolute atomic E-state index is 12.8. The number of carbonyl (C=O) groups is 6. The number of ether oxygens (including phenoxy) is 1. The summed E-state index contributed by atoms with van der Waals surface area (Å²) in [6, 6.07) is 20.0. The summed E-state index contributed by atoms with van der Waals surface area (Å²) >= 11 is 0. The number of aromatic nitrogens is 6. The highest BCUT2D eigenvalue weighted by atomic mass is 19.4. The van der Waals surface area contributed by atoms with Crippen LogP contribution in [0.3, 0.4) is 0 Å². The topological polar surface area (TPSA) is 316 Å². The van der Waals surface area contributed by atoms with Crippen LogP contribution in [0.25, 0.3) is 22.5 Å². The number of hydrogen-bond acceptors (Lipinski definition) is 14. The highest BCUT2D eigenvalue weighted by Gasteiger charge is 2.38. The quantitative estimate of drug-likeness (QED) is 0.0623. The molecule has 4 aromatic heterocycles. The monoisotopic (exact) mass is 1010 g/mol. The lowest BCUT2D eigenvalue weighted by molar-refractivity contribution is -0.156. The fourth-order valence-electron chi connectivity index (χ4n) is 7.75. The molecule has 24 heteroatoms. The summed E-state index contributed by atoms with van der Waals surface area (Å²) in [6.07, 6.45) is 0.417. The Bertz CT molecular complexity index is 2960. The number of anilines is 2.